The van der Waals surface area contributed by atoms with Gasteiger partial charge >= 0.3 is 6.03 Å². The summed E-state index contributed by atoms with van der Waals surface area (Å²) >= 11 is 12.1. The van der Waals surface area contributed by atoms with Gasteiger partial charge < -0.3 is 15.4 Å². The van der Waals surface area contributed by atoms with Gasteiger partial charge in [-0.1, -0.05) is 29.3 Å². The number of methoxy groups -OCH3 is 1. The maximum absolute atomic E-state index is 13.0. The lowest BCUT2D eigenvalue weighted by Crippen LogP contribution is -2.42. The quantitative estimate of drug-likeness (QED) is 0.381. The summed E-state index contributed by atoms with van der Waals surface area (Å²) in [7, 11) is 1.33. The van der Waals surface area contributed by atoms with Gasteiger partial charge in [0, 0.05) is 27.7 Å². The molecular weight excluding hydrogens is 451 g/mol. The lowest BCUT2D eigenvalue weighted by Gasteiger charge is -2.23. The maximum Gasteiger partial charge on any atom is 0.325 e. The van der Waals surface area contributed by atoms with E-state index in [-0.39, 0.29) is 22.1 Å². The molecule has 12 heteroatoms. The van der Waals surface area contributed by atoms with Crippen LogP contribution in [0.1, 0.15) is 12.5 Å². The van der Waals surface area contributed by atoms with Crippen LogP contribution in [0, 0.1) is 10.1 Å². The second-order valence-electron chi connectivity index (χ2n) is 6.76. The molecule has 2 N–H and O–H groups in total. The van der Waals surface area contributed by atoms with E-state index < -0.39 is 34.9 Å². The topological polar surface area (TPSA) is 131 Å². The van der Waals surface area contributed by atoms with E-state index in [2.05, 4.69) is 10.6 Å². The number of carbonyl (C=O) groups is 3. The van der Waals surface area contributed by atoms with Gasteiger partial charge in [-0.25, -0.2) is 4.79 Å². The molecule has 1 atom stereocenters. The van der Waals surface area contributed by atoms with Crippen molar-refractivity contribution in [3.8, 4) is 5.75 Å². The van der Waals surface area contributed by atoms with E-state index in [0.29, 0.717) is 10.6 Å². The van der Waals surface area contributed by atoms with Crippen LogP contribution < -0.4 is 15.4 Å². The standard InChI is InChI=1S/C19H16Cl2N4O6/c1-19(12-5-3-10(20)7-13(12)21)17(27)24(18(28)23-19)9-16(26)22-14-8-11(25(29)30)4-6-15(14)31-2/h3-8H,9H2,1-2H3,(H,22,26)(H,23,28)/t19-/m1/s1. The summed E-state index contributed by atoms with van der Waals surface area (Å²) < 4.78 is 5.08. The molecule has 162 valence electrons. The molecule has 4 amide bonds. The van der Waals surface area contributed by atoms with Crippen LogP contribution in [0.25, 0.3) is 0 Å². The number of rotatable bonds is 6. The van der Waals surface area contributed by atoms with Crippen molar-refractivity contribution >= 4 is 52.4 Å². The molecule has 1 saturated heterocycles. The monoisotopic (exact) mass is 466 g/mol. The molecule has 0 radical (unpaired) electrons. The Labute approximate surface area is 186 Å². The van der Waals surface area contributed by atoms with E-state index in [1.54, 1.807) is 0 Å². The Kier molecular flexibility index (Phi) is 6.05. The Morgan fingerprint density at radius 2 is 1.97 bits per heavy atom. The number of imide groups is 1. The highest BCUT2D eigenvalue weighted by Gasteiger charge is 2.50. The normalized spacial score (nSPS) is 18.0. The van der Waals surface area contributed by atoms with Crippen LogP contribution in [0.15, 0.2) is 36.4 Å². The molecule has 3 rings (SSSR count). The summed E-state index contributed by atoms with van der Waals surface area (Å²) in [6, 6.07) is 7.33. The van der Waals surface area contributed by atoms with Gasteiger partial charge in [0.05, 0.1) is 17.7 Å². The summed E-state index contributed by atoms with van der Waals surface area (Å²) in [6.45, 7) is 0.834. The smallest absolute Gasteiger partial charge is 0.325 e. The van der Waals surface area contributed by atoms with Gasteiger partial charge in [0.1, 0.15) is 17.8 Å². The highest BCUT2D eigenvalue weighted by atomic mass is 35.5. The fraction of sp³-hybridized carbons (Fsp3) is 0.211. The zero-order chi connectivity index (χ0) is 22.9. The zero-order valence-electron chi connectivity index (χ0n) is 16.3. The SMILES string of the molecule is COc1ccc([N+](=O)[O-])cc1NC(=O)CN1C(=O)N[C@](C)(c2ccc(Cl)cc2Cl)C1=O. The number of benzene rings is 2. The number of nitro benzene ring substituents is 1. The number of halogens is 2. The number of hydrogen-bond acceptors (Lipinski definition) is 6. The number of urea groups is 1. The average Bonchev–Trinajstić information content (AvgIpc) is 2.91. The molecule has 0 saturated carbocycles. The molecule has 0 aliphatic carbocycles. The predicted octanol–water partition coefficient (Wildman–Crippen LogP) is 3.32. The number of nitrogens with zero attached hydrogens (tertiary/aromatic N) is 2. The molecule has 0 aromatic heterocycles. The first-order chi connectivity index (χ1) is 14.6. The summed E-state index contributed by atoms with van der Waals surface area (Å²) in [5, 5.41) is 16.5. The summed E-state index contributed by atoms with van der Waals surface area (Å²) in [5.41, 5.74) is -1.42. The molecule has 1 heterocycles. The van der Waals surface area contributed by atoms with Crippen LogP contribution in [0.4, 0.5) is 16.2 Å². The number of nitro groups is 1. The lowest BCUT2D eigenvalue weighted by molar-refractivity contribution is -0.384. The Balaban J connectivity index is 1.81. The third-order valence-corrected chi connectivity index (χ3v) is 5.26. The first-order valence-electron chi connectivity index (χ1n) is 8.78. The van der Waals surface area contributed by atoms with Gasteiger partial charge in [-0.05, 0) is 25.1 Å². The van der Waals surface area contributed by atoms with Crippen molar-refractivity contribution in [3.63, 3.8) is 0 Å². The van der Waals surface area contributed by atoms with Crippen molar-refractivity contribution in [3.05, 3.63) is 62.1 Å². The Morgan fingerprint density at radius 1 is 1.26 bits per heavy atom. The number of non-ortho nitro benzene ring substituents is 1. The van der Waals surface area contributed by atoms with Crippen LogP contribution >= 0.6 is 23.2 Å². The van der Waals surface area contributed by atoms with Crippen molar-refractivity contribution in [1.82, 2.24) is 10.2 Å². The van der Waals surface area contributed by atoms with Crippen LogP contribution in [-0.2, 0) is 15.1 Å². The molecule has 0 unspecified atom stereocenters. The largest absolute Gasteiger partial charge is 0.495 e. The minimum absolute atomic E-state index is 0.0252. The Hall–Kier alpha value is -3.37. The molecule has 0 spiro atoms. The second kappa shape index (κ2) is 8.40. The summed E-state index contributed by atoms with van der Waals surface area (Å²) in [4.78, 5) is 49.0. The predicted molar refractivity (Wildman–Crippen MR) is 112 cm³/mol. The first-order valence-corrected chi connectivity index (χ1v) is 9.54. The first kappa shape index (κ1) is 22.3. The van der Waals surface area contributed by atoms with E-state index in [1.165, 1.54) is 44.4 Å². The van der Waals surface area contributed by atoms with Gasteiger partial charge in [0.15, 0.2) is 0 Å². The molecule has 10 nitrogen and oxygen atoms in total. The molecule has 2 aromatic carbocycles. The van der Waals surface area contributed by atoms with Gasteiger partial charge in [-0.15, -0.1) is 0 Å². The van der Waals surface area contributed by atoms with Crippen molar-refractivity contribution in [1.29, 1.82) is 0 Å². The molecule has 1 aliphatic rings. The molecular formula is C19H16Cl2N4O6. The zero-order valence-corrected chi connectivity index (χ0v) is 17.8. The van der Waals surface area contributed by atoms with Gasteiger partial charge in [-0.2, -0.15) is 0 Å². The second-order valence-corrected chi connectivity index (χ2v) is 7.60. The highest BCUT2D eigenvalue weighted by molar-refractivity contribution is 6.35. The molecule has 1 fully saturated rings. The Bertz CT molecular complexity index is 1110. The lowest BCUT2D eigenvalue weighted by atomic mass is 9.92. The van der Waals surface area contributed by atoms with Crippen LogP contribution in [-0.4, -0.2) is 41.3 Å². The fourth-order valence-corrected chi connectivity index (χ4v) is 3.76. The molecule has 2 aromatic rings. The van der Waals surface area contributed by atoms with E-state index in [9.17, 15) is 24.5 Å². The van der Waals surface area contributed by atoms with Crippen LogP contribution in [0.5, 0.6) is 5.75 Å². The molecule has 0 bridgehead atoms. The van der Waals surface area contributed by atoms with E-state index >= 15 is 0 Å². The number of carbonyl (C=O) groups excluding carboxylic acids is 3. The molecule has 31 heavy (non-hydrogen) atoms. The number of anilines is 1. The third-order valence-electron chi connectivity index (χ3n) is 4.71. The molecule has 1 aliphatic heterocycles. The summed E-state index contributed by atoms with van der Waals surface area (Å²) in [6.07, 6.45) is 0. The third kappa shape index (κ3) is 4.25. The minimum Gasteiger partial charge on any atom is -0.495 e. The van der Waals surface area contributed by atoms with Crippen molar-refractivity contribution < 1.29 is 24.0 Å². The van der Waals surface area contributed by atoms with Gasteiger partial charge in [0.25, 0.3) is 11.6 Å². The fourth-order valence-electron chi connectivity index (χ4n) is 3.16. The Morgan fingerprint density at radius 3 is 2.58 bits per heavy atom. The highest BCUT2D eigenvalue weighted by Crippen LogP contribution is 2.35. The van der Waals surface area contributed by atoms with Crippen molar-refractivity contribution in [2.45, 2.75) is 12.5 Å². The number of amides is 4. The van der Waals surface area contributed by atoms with E-state index in [0.717, 1.165) is 11.0 Å². The van der Waals surface area contributed by atoms with Gasteiger partial charge in [-0.3, -0.25) is 24.6 Å². The van der Waals surface area contributed by atoms with Crippen molar-refractivity contribution in [2.75, 3.05) is 19.0 Å². The van der Waals surface area contributed by atoms with Crippen LogP contribution in [0.3, 0.4) is 0 Å². The number of hydrogen-bond donors (Lipinski definition) is 2. The summed E-state index contributed by atoms with van der Waals surface area (Å²) in [5.74, 6) is -1.27. The van der Waals surface area contributed by atoms with E-state index in [1.807, 2.05) is 0 Å². The van der Waals surface area contributed by atoms with Crippen molar-refractivity contribution in [2.24, 2.45) is 0 Å². The number of nitrogens with one attached hydrogen (secondary N) is 2. The van der Waals surface area contributed by atoms with E-state index in [4.69, 9.17) is 27.9 Å². The maximum atomic E-state index is 13.0. The average molecular weight is 467 g/mol. The van der Waals surface area contributed by atoms with Gasteiger partial charge in [0.2, 0.25) is 5.91 Å². The van der Waals surface area contributed by atoms with Crippen LogP contribution in [0.2, 0.25) is 10.0 Å². The minimum atomic E-state index is -1.50. The number of ether oxygens (including phenoxy) is 1.